The summed E-state index contributed by atoms with van der Waals surface area (Å²) in [7, 11) is 1.39. The van der Waals surface area contributed by atoms with Gasteiger partial charge in [-0.15, -0.1) is 0 Å². The molecule has 2 aromatic carbocycles. The Hall–Kier alpha value is -2.36. The number of methoxy groups -OCH3 is 1. The van der Waals surface area contributed by atoms with Gasteiger partial charge in [0.2, 0.25) is 0 Å². The quantitative estimate of drug-likeness (QED) is 0.788. The molecule has 1 saturated carbocycles. The number of halogens is 1. The number of hydrogen-bond donors (Lipinski definition) is 0. The van der Waals surface area contributed by atoms with Crippen LogP contribution in [-0.4, -0.2) is 19.0 Å². The van der Waals surface area contributed by atoms with Crippen LogP contribution in [0.5, 0.6) is 11.5 Å². The largest absolute Gasteiger partial charge is 0.494 e. The highest BCUT2D eigenvalue weighted by Gasteiger charge is 2.23. The first-order chi connectivity index (χ1) is 10.2. The number of carbonyl (C=O) groups excluding carboxylic acids is 1. The minimum Gasteiger partial charge on any atom is -0.494 e. The molecular formula is C17H15FO3. The molecule has 4 heteroatoms. The SMILES string of the molecule is COc1ccc(C(=O)c2cccc(OC3CC3)c2)cc1F. The van der Waals surface area contributed by atoms with E-state index in [1.165, 1.54) is 19.2 Å². The highest BCUT2D eigenvalue weighted by molar-refractivity contribution is 6.09. The molecule has 3 rings (SSSR count). The maximum absolute atomic E-state index is 13.7. The molecule has 0 spiro atoms. The Balaban J connectivity index is 1.85. The molecule has 0 atom stereocenters. The zero-order valence-corrected chi connectivity index (χ0v) is 11.6. The molecule has 1 aliphatic carbocycles. The molecule has 0 heterocycles. The molecule has 0 aromatic heterocycles. The average Bonchev–Trinajstić information content (AvgIpc) is 3.30. The van der Waals surface area contributed by atoms with Gasteiger partial charge in [-0.3, -0.25) is 4.79 Å². The summed E-state index contributed by atoms with van der Waals surface area (Å²) in [6, 6.07) is 11.2. The van der Waals surface area contributed by atoms with Gasteiger partial charge in [0.15, 0.2) is 17.3 Å². The normalized spacial score (nSPS) is 13.8. The number of ketones is 1. The van der Waals surface area contributed by atoms with Gasteiger partial charge in [-0.1, -0.05) is 12.1 Å². The zero-order chi connectivity index (χ0) is 14.8. The maximum Gasteiger partial charge on any atom is 0.193 e. The molecule has 0 amide bonds. The van der Waals surface area contributed by atoms with E-state index >= 15 is 0 Å². The second-order valence-electron chi connectivity index (χ2n) is 5.02. The average molecular weight is 286 g/mol. The van der Waals surface area contributed by atoms with Crippen LogP contribution in [-0.2, 0) is 0 Å². The van der Waals surface area contributed by atoms with Crippen LogP contribution in [0.4, 0.5) is 4.39 Å². The Morgan fingerprint density at radius 1 is 1.14 bits per heavy atom. The van der Waals surface area contributed by atoms with Crippen molar-refractivity contribution in [1.29, 1.82) is 0 Å². The van der Waals surface area contributed by atoms with Crippen molar-refractivity contribution < 1.29 is 18.7 Å². The lowest BCUT2D eigenvalue weighted by molar-refractivity contribution is 0.103. The van der Waals surface area contributed by atoms with Crippen molar-refractivity contribution in [2.45, 2.75) is 18.9 Å². The summed E-state index contributed by atoms with van der Waals surface area (Å²) in [5.74, 6) is 0.0150. The van der Waals surface area contributed by atoms with Gasteiger partial charge in [0.1, 0.15) is 5.75 Å². The second-order valence-corrected chi connectivity index (χ2v) is 5.02. The van der Waals surface area contributed by atoms with Crippen molar-refractivity contribution in [3.05, 3.63) is 59.4 Å². The van der Waals surface area contributed by atoms with Crippen LogP contribution in [0.15, 0.2) is 42.5 Å². The summed E-state index contributed by atoms with van der Waals surface area (Å²) >= 11 is 0. The predicted octanol–water partition coefficient (Wildman–Crippen LogP) is 3.61. The number of ether oxygens (including phenoxy) is 2. The number of hydrogen-bond acceptors (Lipinski definition) is 3. The van der Waals surface area contributed by atoms with Gasteiger partial charge in [0.05, 0.1) is 13.2 Å². The molecule has 108 valence electrons. The lowest BCUT2D eigenvalue weighted by Gasteiger charge is -2.07. The number of carbonyl (C=O) groups is 1. The summed E-state index contributed by atoms with van der Waals surface area (Å²) in [5.41, 5.74) is 0.773. The van der Waals surface area contributed by atoms with Gasteiger partial charge in [-0.2, -0.15) is 0 Å². The first-order valence-electron chi connectivity index (χ1n) is 6.82. The second kappa shape index (κ2) is 5.56. The van der Waals surface area contributed by atoms with Crippen LogP contribution in [0.25, 0.3) is 0 Å². The summed E-state index contributed by atoms with van der Waals surface area (Å²) in [5, 5.41) is 0. The Morgan fingerprint density at radius 2 is 1.90 bits per heavy atom. The molecule has 2 aromatic rings. The summed E-state index contributed by atoms with van der Waals surface area (Å²) in [4.78, 5) is 12.4. The molecule has 3 nitrogen and oxygen atoms in total. The first kappa shape index (κ1) is 13.6. The smallest absolute Gasteiger partial charge is 0.193 e. The summed E-state index contributed by atoms with van der Waals surface area (Å²) < 4.78 is 24.2. The summed E-state index contributed by atoms with van der Waals surface area (Å²) in [6.45, 7) is 0. The lowest BCUT2D eigenvalue weighted by Crippen LogP contribution is -2.04. The molecule has 1 fully saturated rings. The summed E-state index contributed by atoms with van der Waals surface area (Å²) in [6.07, 6.45) is 2.39. The van der Waals surface area contributed by atoms with E-state index in [1.807, 2.05) is 6.07 Å². The van der Waals surface area contributed by atoms with E-state index < -0.39 is 5.82 Å². The van der Waals surface area contributed by atoms with Crippen molar-refractivity contribution in [2.75, 3.05) is 7.11 Å². The van der Waals surface area contributed by atoms with Gasteiger partial charge in [-0.25, -0.2) is 4.39 Å². The predicted molar refractivity (Wildman–Crippen MR) is 76.5 cm³/mol. The van der Waals surface area contributed by atoms with E-state index in [0.717, 1.165) is 12.8 Å². The fourth-order valence-electron chi connectivity index (χ4n) is 2.06. The van der Waals surface area contributed by atoms with Crippen LogP contribution in [0.2, 0.25) is 0 Å². The van der Waals surface area contributed by atoms with Gasteiger partial charge in [-0.05, 0) is 43.2 Å². The molecule has 0 saturated heterocycles. The Labute approximate surface area is 122 Å². The van der Waals surface area contributed by atoms with Crippen LogP contribution in [0, 0.1) is 5.82 Å². The van der Waals surface area contributed by atoms with Crippen molar-refractivity contribution in [1.82, 2.24) is 0 Å². The van der Waals surface area contributed by atoms with E-state index in [9.17, 15) is 9.18 Å². The Kier molecular flexibility index (Phi) is 3.60. The Bertz CT molecular complexity index is 677. The molecular weight excluding hydrogens is 271 g/mol. The molecule has 1 aliphatic rings. The van der Waals surface area contributed by atoms with Crippen LogP contribution < -0.4 is 9.47 Å². The van der Waals surface area contributed by atoms with E-state index in [-0.39, 0.29) is 23.2 Å². The third-order valence-electron chi connectivity index (χ3n) is 3.34. The number of benzene rings is 2. The van der Waals surface area contributed by atoms with Crippen LogP contribution in [0.3, 0.4) is 0 Å². The van der Waals surface area contributed by atoms with Gasteiger partial charge < -0.3 is 9.47 Å². The molecule has 21 heavy (non-hydrogen) atoms. The molecule has 0 unspecified atom stereocenters. The van der Waals surface area contributed by atoms with Gasteiger partial charge in [0.25, 0.3) is 0 Å². The third-order valence-corrected chi connectivity index (χ3v) is 3.34. The minimum atomic E-state index is -0.547. The van der Waals surface area contributed by atoms with Crippen molar-refractivity contribution in [3.63, 3.8) is 0 Å². The molecule has 0 N–H and O–H groups in total. The third kappa shape index (κ3) is 3.05. The molecule has 0 bridgehead atoms. The van der Waals surface area contributed by atoms with Crippen molar-refractivity contribution in [3.8, 4) is 11.5 Å². The topological polar surface area (TPSA) is 35.5 Å². The van der Waals surface area contributed by atoms with Gasteiger partial charge in [0, 0.05) is 11.1 Å². The fraction of sp³-hybridized carbons (Fsp3) is 0.235. The monoisotopic (exact) mass is 286 g/mol. The molecule has 0 aliphatic heterocycles. The van der Waals surface area contributed by atoms with Crippen molar-refractivity contribution >= 4 is 5.78 Å². The van der Waals surface area contributed by atoms with Crippen molar-refractivity contribution in [2.24, 2.45) is 0 Å². The van der Waals surface area contributed by atoms with E-state index in [2.05, 4.69) is 0 Å². The highest BCUT2D eigenvalue weighted by atomic mass is 19.1. The highest BCUT2D eigenvalue weighted by Crippen LogP contribution is 2.28. The van der Waals surface area contributed by atoms with Crippen LogP contribution >= 0.6 is 0 Å². The van der Waals surface area contributed by atoms with E-state index in [1.54, 1.807) is 24.3 Å². The minimum absolute atomic E-state index is 0.123. The van der Waals surface area contributed by atoms with Crippen LogP contribution in [0.1, 0.15) is 28.8 Å². The van der Waals surface area contributed by atoms with E-state index in [0.29, 0.717) is 11.3 Å². The Morgan fingerprint density at radius 3 is 2.57 bits per heavy atom. The zero-order valence-electron chi connectivity index (χ0n) is 11.6. The fourth-order valence-corrected chi connectivity index (χ4v) is 2.06. The lowest BCUT2D eigenvalue weighted by atomic mass is 10.0. The van der Waals surface area contributed by atoms with E-state index in [4.69, 9.17) is 9.47 Å². The first-order valence-corrected chi connectivity index (χ1v) is 6.82. The number of rotatable bonds is 5. The molecule has 0 radical (unpaired) electrons. The standard InChI is InChI=1S/C17H15FO3/c1-20-16-8-5-12(10-15(16)18)17(19)11-3-2-4-14(9-11)21-13-6-7-13/h2-5,8-10,13H,6-7H2,1H3. The maximum atomic E-state index is 13.7. The van der Waals surface area contributed by atoms with Gasteiger partial charge >= 0.3 is 0 Å².